The molecule has 1 aliphatic rings. The van der Waals surface area contributed by atoms with E-state index in [1.165, 1.54) is 12.1 Å². The Hall–Kier alpha value is -3.07. The van der Waals surface area contributed by atoms with E-state index in [0.29, 0.717) is 18.4 Å². The number of aromatic hydroxyl groups is 1. The largest absolute Gasteiger partial charge is 0.506 e. The molecular weight excluding hydrogens is 370 g/mol. The minimum absolute atomic E-state index is 0.0621. The summed E-state index contributed by atoms with van der Waals surface area (Å²) in [5, 5.41) is 12.8. The number of carbonyl (C=O) groups is 2. The predicted octanol–water partition coefficient (Wildman–Crippen LogP) is 0.718. The van der Waals surface area contributed by atoms with E-state index in [9.17, 15) is 23.1 Å². The van der Waals surface area contributed by atoms with Crippen molar-refractivity contribution in [2.24, 2.45) is 0 Å². The summed E-state index contributed by atoms with van der Waals surface area (Å²) in [6.45, 7) is -0.354. The van der Waals surface area contributed by atoms with Gasteiger partial charge in [0.15, 0.2) is 0 Å². The van der Waals surface area contributed by atoms with Crippen LogP contribution in [0.3, 0.4) is 0 Å². The number of nitrogens with one attached hydrogen (secondary N) is 2. The molecule has 1 heterocycles. The number of carbonyl (C=O) groups excluding carboxylic acids is 2. The van der Waals surface area contributed by atoms with Crippen molar-refractivity contribution in [2.75, 3.05) is 17.9 Å². The third-order valence-corrected chi connectivity index (χ3v) is 5.67. The molecule has 1 fully saturated rings. The van der Waals surface area contributed by atoms with Gasteiger partial charge in [-0.3, -0.25) is 9.59 Å². The summed E-state index contributed by atoms with van der Waals surface area (Å²) in [7, 11) is -2.38. The van der Waals surface area contributed by atoms with Gasteiger partial charge >= 0.3 is 10.2 Å². The van der Waals surface area contributed by atoms with Crippen molar-refractivity contribution in [2.45, 2.75) is 12.8 Å². The quantitative estimate of drug-likeness (QED) is 0.697. The average molecular weight is 389 g/mol. The average Bonchev–Trinajstić information content (AvgIpc) is 2.91. The van der Waals surface area contributed by atoms with Crippen molar-refractivity contribution in [3.63, 3.8) is 0 Å². The standard InChI is InChI=1S/C18H19N3O5S/c1-19-18(24)14-7-4-12(5-8-14)2-3-13-6-9-15(16(22)10-13)21-11-17(23)20-27(21,25)26/h4-10,22H,2-3,11H2,1H3,(H,19,24)(H,20,23). The second kappa shape index (κ2) is 7.28. The highest BCUT2D eigenvalue weighted by molar-refractivity contribution is 7.92. The maximum Gasteiger partial charge on any atom is 0.326 e. The summed E-state index contributed by atoms with van der Waals surface area (Å²) in [6, 6.07) is 11.9. The number of phenolic OH excluding ortho intramolecular Hbond substituents is 1. The molecule has 3 rings (SSSR count). The lowest BCUT2D eigenvalue weighted by atomic mass is 10.0. The molecule has 1 saturated heterocycles. The highest BCUT2D eigenvalue weighted by Gasteiger charge is 2.35. The molecule has 2 aromatic rings. The van der Waals surface area contributed by atoms with Crippen LogP contribution in [-0.2, 0) is 27.8 Å². The molecule has 0 aromatic heterocycles. The molecule has 1 aliphatic heterocycles. The van der Waals surface area contributed by atoms with Gasteiger partial charge in [0.25, 0.3) is 11.8 Å². The third kappa shape index (κ3) is 4.03. The molecule has 2 aromatic carbocycles. The zero-order chi connectivity index (χ0) is 19.6. The zero-order valence-electron chi connectivity index (χ0n) is 14.6. The van der Waals surface area contributed by atoms with E-state index in [1.54, 1.807) is 25.2 Å². The van der Waals surface area contributed by atoms with Gasteiger partial charge in [0.05, 0.1) is 5.69 Å². The number of aryl methyl sites for hydroxylation is 2. The second-order valence-electron chi connectivity index (χ2n) is 6.14. The summed E-state index contributed by atoms with van der Waals surface area (Å²) < 4.78 is 26.4. The van der Waals surface area contributed by atoms with Crippen molar-refractivity contribution >= 4 is 27.7 Å². The number of nitrogens with zero attached hydrogens (tertiary/aromatic N) is 1. The predicted molar refractivity (Wildman–Crippen MR) is 99.8 cm³/mol. The van der Waals surface area contributed by atoms with E-state index >= 15 is 0 Å². The summed E-state index contributed by atoms with van der Waals surface area (Å²) in [5.74, 6) is -0.992. The first-order valence-electron chi connectivity index (χ1n) is 8.26. The normalized spacial score (nSPS) is 15.4. The zero-order valence-corrected chi connectivity index (χ0v) is 15.4. The van der Waals surface area contributed by atoms with Crippen LogP contribution in [0.1, 0.15) is 21.5 Å². The monoisotopic (exact) mass is 389 g/mol. The Morgan fingerprint density at radius 1 is 1.15 bits per heavy atom. The van der Waals surface area contributed by atoms with Gasteiger partial charge in [-0.15, -0.1) is 0 Å². The molecular formula is C18H19N3O5S. The van der Waals surface area contributed by atoms with Crippen molar-refractivity contribution < 1.29 is 23.1 Å². The Balaban J connectivity index is 1.69. The first-order valence-corrected chi connectivity index (χ1v) is 9.70. The molecule has 0 atom stereocenters. The number of hydrogen-bond donors (Lipinski definition) is 3. The number of hydrogen-bond acceptors (Lipinski definition) is 5. The molecule has 0 radical (unpaired) electrons. The molecule has 0 saturated carbocycles. The number of rotatable bonds is 5. The van der Waals surface area contributed by atoms with Gasteiger partial charge in [-0.1, -0.05) is 18.2 Å². The van der Waals surface area contributed by atoms with Crippen LogP contribution in [-0.4, -0.2) is 38.9 Å². The van der Waals surface area contributed by atoms with Gasteiger partial charge in [0, 0.05) is 12.6 Å². The fourth-order valence-corrected chi connectivity index (χ4v) is 4.02. The van der Waals surface area contributed by atoms with E-state index in [-0.39, 0.29) is 23.9 Å². The Kier molecular flexibility index (Phi) is 5.04. The Morgan fingerprint density at radius 3 is 2.33 bits per heavy atom. The van der Waals surface area contributed by atoms with Gasteiger partial charge in [0.1, 0.15) is 12.3 Å². The highest BCUT2D eigenvalue weighted by Crippen LogP contribution is 2.31. The molecule has 3 N–H and O–H groups in total. The van der Waals surface area contributed by atoms with E-state index in [0.717, 1.165) is 15.4 Å². The summed E-state index contributed by atoms with van der Waals surface area (Å²) >= 11 is 0. The van der Waals surface area contributed by atoms with Crippen molar-refractivity contribution in [1.82, 2.24) is 10.0 Å². The second-order valence-corrected chi connectivity index (χ2v) is 7.73. The van der Waals surface area contributed by atoms with Gasteiger partial charge < -0.3 is 10.4 Å². The minimum atomic E-state index is -3.95. The van der Waals surface area contributed by atoms with Crippen LogP contribution in [0, 0.1) is 0 Å². The van der Waals surface area contributed by atoms with Crippen LogP contribution < -0.4 is 14.3 Å². The lowest BCUT2D eigenvalue weighted by molar-refractivity contribution is -0.117. The van der Waals surface area contributed by atoms with Crippen molar-refractivity contribution in [1.29, 1.82) is 0 Å². The van der Waals surface area contributed by atoms with Crippen molar-refractivity contribution in [3.8, 4) is 5.75 Å². The lowest BCUT2D eigenvalue weighted by Gasteiger charge is -2.16. The van der Waals surface area contributed by atoms with Crippen LogP contribution in [0.5, 0.6) is 5.75 Å². The Morgan fingerprint density at radius 2 is 1.78 bits per heavy atom. The maximum atomic E-state index is 11.9. The van der Waals surface area contributed by atoms with Gasteiger partial charge in [-0.05, 0) is 48.2 Å². The Labute approximate surface area is 157 Å². The number of anilines is 1. The summed E-state index contributed by atoms with van der Waals surface area (Å²) in [6.07, 6.45) is 1.31. The summed E-state index contributed by atoms with van der Waals surface area (Å²) in [5.41, 5.74) is 2.50. The fourth-order valence-electron chi connectivity index (χ4n) is 2.85. The molecule has 9 heteroatoms. The molecule has 0 aliphatic carbocycles. The highest BCUT2D eigenvalue weighted by atomic mass is 32.2. The minimum Gasteiger partial charge on any atom is -0.506 e. The molecule has 0 bridgehead atoms. The fraction of sp³-hybridized carbons (Fsp3) is 0.222. The van der Waals surface area contributed by atoms with E-state index in [4.69, 9.17) is 0 Å². The number of phenols is 1. The first kappa shape index (κ1) is 18.7. The van der Waals surface area contributed by atoms with Gasteiger partial charge in [0.2, 0.25) is 0 Å². The van der Waals surface area contributed by atoms with Gasteiger partial charge in [-0.2, -0.15) is 8.42 Å². The molecule has 27 heavy (non-hydrogen) atoms. The molecule has 2 amide bonds. The Bertz CT molecular complexity index is 987. The van der Waals surface area contributed by atoms with Crippen LogP contribution >= 0.6 is 0 Å². The number of benzene rings is 2. The SMILES string of the molecule is CNC(=O)c1ccc(CCc2ccc(N3CC(=O)NS3(=O)=O)c(O)c2)cc1. The third-order valence-electron chi connectivity index (χ3n) is 4.27. The number of amides is 2. The molecule has 0 unspecified atom stereocenters. The summed E-state index contributed by atoms with van der Waals surface area (Å²) in [4.78, 5) is 22.9. The smallest absolute Gasteiger partial charge is 0.326 e. The topological polar surface area (TPSA) is 116 Å². The van der Waals surface area contributed by atoms with Crippen LogP contribution in [0.25, 0.3) is 0 Å². The molecule has 8 nitrogen and oxygen atoms in total. The van der Waals surface area contributed by atoms with Gasteiger partial charge in [-0.25, -0.2) is 9.03 Å². The maximum absolute atomic E-state index is 11.9. The van der Waals surface area contributed by atoms with E-state index in [1.807, 2.05) is 16.9 Å². The van der Waals surface area contributed by atoms with E-state index in [2.05, 4.69) is 5.32 Å². The van der Waals surface area contributed by atoms with Crippen LogP contribution in [0.15, 0.2) is 42.5 Å². The van der Waals surface area contributed by atoms with Crippen LogP contribution in [0.2, 0.25) is 0 Å². The molecule has 142 valence electrons. The first-order chi connectivity index (χ1) is 12.8. The van der Waals surface area contributed by atoms with E-state index < -0.39 is 16.1 Å². The van der Waals surface area contributed by atoms with Crippen molar-refractivity contribution in [3.05, 3.63) is 59.2 Å². The van der Waals surface area contributed by atoms with Crippen LogP contribution in [0.4, 0.5) is 5.69 Å². The molecule has 0 spiro atoms. The lowest BCUT2D eigenvalue weighted by Crippen LogP contribution is -2.29.